The molecule has 0 spiro atoms. The second-order valence-electron chi connectivity index (χ2n) is 6.83. The van der Waals surface area contributed by atoms with Crippen LogP contribution in [-0.4, -0.2) is 31.8 Å². The first kappa shape index (κ1) is 20.8. The van der Waals surface area contributed by atoms with Crippen molar-refractivity contribution >= 4 is 5.91 Å². The molecule has 0 saturated heterocycles. The number of rotatable bonds is 9. The molecule has 5 heteroatoms. The number of amides is 1. The predicted molar refractivity (Wildman–Crippen MR) is 106 cm³/mol. The number of methoxy groups -OCH3 is 2. The molecule has 2 aromatic carbocycles. The van der Waals surface area contributed by atoms with Gasteiger partial charge in [0, 0.05) is 13.0 Å². The minimum atomic E-state index is -0.712. The van der Waals surface area contributed by atoms with Crippen molar-refractivity contribution in [2.24, 2.45) is 0 Å². The van der Waals surface area contributed by atoms with Crippen molar-refractivity contribution in [3.05, 3.63) is 59.2 Å². The van der Waals surface area contributed by atoms with Crippen LogP contribution in [0.4, 0.5) is 0 Å². The van der Waals surface area contributed by atoms with E-state index in [9.17, 15) is 9.90 Å². The number of hydrogen-bond donors (Lipinski definition) is 2. The van der Waals surface area contributed by atoms with Crippen molar-refractivity contribution in [3.63, 3.8) is 0 Å². The Bertz CT molecular complexity index is 740. The fraction of sp³-hybridized carbons (Fsp3) is 0.409. The summed E-state index contributed by atoms with van der Waals surface area (Å²) in [6.45, 7) is 4.46. The monoisotopic (exact) mass is 371 g/mol. The summed E-state index contributed by atoms with van der Waals surface area (Å²) < 4.78 is 10.5. The van der Waals surface area contributed by atoms with Gasteiger partial charge in [-0.3, -0.25) is 4.79 Å². The number of aliphatic hydroxyl groups is 1. The summed E-state index contributed by atoms with van der Waals surface area (Å²) in [6.07, 6.45) is 0.219. The Morgan fingerprint density at radius 3 is 2.22 bits per heavy atom. The zero-order chi connectivity index (χ0) is 19.8. The predicted octanol–water partition coefficient (Wildman–Crippen LogP) is 3.61. The number of hydrogen-bond acceptors (Lipinski definition) is 4. The maximum Gasteiger partial charge on any atom is 0.220 e. The second-order valence-corrected chi connectivity index (χ2v) is 6.83. The van der Waals surface area contributed by atoms with Crippen molar-refractivity contribution in [2.45, 2.75) is 38.7 Å². The summed E-state index contributed by atoms with van der Waals surface area (Å²) in [7, 11) is 3.18. The van der Waals surface area contributed by atoms with Crippen LogP contribution in [0.15, 0.2) is 42.5 Å². The SMILES string of the molecule is COc1ccc(CCC(=O)NCC(O)c2ccc(C(C)C)cc2)cc1OC. The molecular formula is C22H29NO4. The highest BCUT2D eigenvalue weighted by molar-refractivity contribution is 5.76. The number of aliphatic hydroxyl groups excluding tert-OH is 1. The Morgan fingerprint density at radius 1 is 1.00 bits per heavy atom. The topological polar surface area (TPSA) is 67.8 Å². The van der Waals surface area contributed by atoms with Crippen LogP contribution in [0, 0.1) is 0 Å². The molecule has 1 atom stereocenters. The molecule has 0 aliphatic carbocycles. The van der Waals surface area contributed by atoms with Crippen LogP contribution in [0.5, 0.6) is 11.5 Å². The summed E-state index contributed by atoms with van der Waals surface area (Å²) >= 11 is 0. The van der Waals surface area contributed by atoms with E-state index in [1.807, 2.05) is 42.5 Å². The Morgan fingerprint density at radius 2 is 1.63 bits per heavy atom. The molecule has 5 nitrogen and oxygen atoms in total. The van der Waals surface area contributed by atoms with E-state index in [1.54, 1.807) is 14.2 Å². The van der Waals surface area contributed by atoms with E-state index in [0.717, 1.165) is 11.1 Å². The summed E-state index contributed by atoms with van der Waals surface area (Å²) in [4.78, 5) is 12.1. The molecule has 0 bridgehead atoms. The van der Waals surface area contributed by atoms with Gasteiger partial charge < -0.3 is 19.9 Å². The van der Waals surface area contributed by atoms with Gasteiger partial charge in [-0.15, -0.1) is 0 Å². The third kappa shape index (κ3) is 6.00. The number of aryl methyl sites for hydroxylation is 1. The number of benzene rings is 2. The van der Waals surface area contributed by atoms with Crippen LogP contribution in [0.1, 0.15) is 49.0 Å². The highest BCUT2D eigenvalue weighted by Gasteiger charge is 2.11. The average Bonchev–Trinajstić information content (AvgIpc) is 2.70. The van der Waals surface area contributed by atoms with E-state index in [1.165, 1.54) is 5.56 Å². The zero-order valence-corrected chi connectivity index (χ0v) is 16.5. The number of carbonyl (C=O) groups excluding carboxylic acids is 1. The standard InChI is InChI=1S/C22H29NO4/c1-15(2)17-7-9-18(10-8-17)19(24)14-23-22(25)12-6-16-5-11-20(26-3)21(13-16)27-4/h5,7-11,13,15,19,24H,6,12,14H2,1-4H3,(H,23,25). The first-order valence-corrected chi connectivity index (χ1v) is 9.20. The molecule has 2 rings (SSSR count). The second kappa shape index (κ2) is 9.97. The fourth-order valence-corrected chi connectivity index (χ4v) is 2.81. The van der Waals surface area contributed by atoms with E-state index in [2.05, 4.69) is 19.2 Å². The van der Waals surface area contributed by atoms with Crippen molar-refractivity contribution in [1.29, 1.82) is 0 Å². The molecule has 0 radical (unpaired) electrons. The largest absolute Gasteiger partial charge is 0.493 e. The Kier molecular flexibility index (Phi) is 7.67. The van der Waals surface area contributed by atoms with E-state index in [0.29, 0.717) is 30.3 Å². The van der Waals surface area contributed by atoms with Crippen molar-refractivity contribution < 1.29 is 19.4 Å². The van der Waals surface area contributed by atoms with Gasteiger partial charge in [0.25, 0.3) is 0 Å². The van der Waals surface area contributed by atoms with Gasteiger partial charge in [-0.25, -0.2) is 0 Å². The molecule has 0 fully saturated rings. The average molecular weight is 371 g/mol. The first-order chi connectivity index (χ1) is 12.9. The molecule has 0 saturated carbocycles. The minimum absolute atomic E-state index is 0.0948. The van der Waals surface area contributed by atoms with Crippen LogP contribution in [0.25, 0.3) is 0 Å². The maximum atomic E-state index is 12.1. The maximum absolute atomic E-state index is 12.1. The van der Waals surface area contributed by atoms with Gasteiger partial charge in [-0.05, 0) is 41.2 Å². The molecule has 2 N–H and O–H groups in total. The van der Waals surface area contributed by atoms with Crippen molar-refractivity contribution in [1.82, 2.24) is 5.32 Å². The molecule has 0 aliphatic heterocycles. The van der Waals surface area contributed by atoms with Crippen LogP contribution in [0.3, 0.4) is 0 Å². The fourth-order valence-electron chi connectivity index (χ4n) is 2.81. The molecule has 1 unspecified atom stereocenters. The quantitative estimate of drug-likeness (QED) is 0.707. The Hall–Kier alpha value is -2.53. The summed E-state index contributed by atoms with van der Waals surface area (Å²) in [5.41, 5.74) is 3.03. The molecule has 1 amide bonds. The first-order valence-electron chi connectivity index (χ1n) is 9.20. The molecule has 0 aliphatic rings. The lowest BCUT2D eigenvalue weighted by molar-refractivity contribution is -0.121. The summed E-state index contributed by atoms with van der Waals surface area (Å²) in [5, 5.41) is 13.1. The number of ether oxygens (including phenoxy) is 2. The van der Waals surface area contributed by atoms with Crippen molar-refractivity contribution in [3.8, 4) is 11.5 Å². The van der Waals surface area contributed by atoms with E-state index >= 15 is 0 Å². The molecule has 0 aromatic heterocycles. The molecule has 0 heterocycles. The van der Waals surface area contributed by atoms with Crippen LogP contribution >= 0.6 is 0 Å². The Balaban J connectivity index is 1.82. The van der Waals surface area contributed by atoms with Gasteiger partial charge in [0.05, 0.1) is 20.3 Å². The molecular weight excluding hydrogens is 342 g/mol. The lowest BCUT2D eigenvalue weighted by Gasteiger charge is -2.14. The van der Waals surface area contributed by atoms with Gasteiger partial charge in [0.1, 0.15) is 0 Å². The van der Waals surface area contributed by atoms with Gasteiger partial charge in [0.2, 0.25) is 5.91 Å². The van der Waals surface area contributed by atoms with Gasteiger partial charge in [-0.1, -0.05) is 44.2 Å². The lowest BCUT2D eigenvalue weighted by atomic mass is 10.00. The van der Waals surface area contributed by atoms with Gasteiger partial charge >= 0.3 is 0 Å². The third-order valence-electron chi connectivity index (χ3n) is 4.57. The smallest absolute Gasteiger partial charge is 0.220 e. The highest BCUT2D eigenvalue weighted by atomic mass is 16.5. The number of carbonyl (C=O) groups is 1. The van der Waals surface area contributed by atoms with E-state index < -0.39 is 6.10 Å². The molecule has 27 heavy (non-hydrogen) atoms. The number of nitrogens with one attached hydrogen (secondary N) is 1. The van der Waals surface area contributed by atoms with Crippen LogP contribution < -0.4 is 14.8 Å². The normalized spacial score (nSPS) is 11.9. The van der Waals surface area contributed by atoms with Crippen LogP contribution in [0.2, 0.25) is 0 Å². The van der Waals surface area contributed by atoms with E-state index in [4.69, 9.17) is 9.47 Å². The minimum Gasteiger partial charge on any atom is -0.493 e. The third-order valence-corrected chi connectivity index (χ3v) is 4.57. The zero-order valence-electron chi connectivity index (χ0n) is 16.5. The molecule has 146 valence electrons. The van der Waals surface area contributed by atoms with E-state index in [-0.39, 0.29) is 12.5 Å². The highest BCUT2D eigenvalue weighted by Crippen LogP contribution is 2.28. The van der Waals surface area contributed by atoms with Gasteiger partial charge in [0.15, 0.2) is 11.5 Å². The lowest BCUT2D eigenvalue weighted by Crippen LogP contribution is -2.28. The van der Waals surface area contributed by atoms with Crippen molar-refractivity contribution in [2.75, 3.05) is 20.8 Å². The summed E-state index contributed by atoms with van der Waals surface area (Å²) in [6, 6.07) is 13.5. The van der Waals surface area contributed by atoms with Crippen LogP contribution in [-0.2, 0) is 11.2 Å². The molecule has 2 aromatic rings. The Labute approximate surface area is 161 Å². The van der Waals surface area contributed by atoms with Gasteiger partial charge in [-0.2, -0.15) is 0 Å². The summed E-state index contributed by atoms with van der Waals surface area (Å²) in [5.74, 6) is 1.67.